The van der Waals surface area contributed by atoms with Crippen LogP contribution in [0.2, 0.25) is 0 Å². The van der Waals surface area contributed by atoms with Gasteiger partial charge in [-0.25, -0.2) is 9.59 Å². The third kappa shape index (κ3) is 7.98. The van der Waals surface area contributed by atoms with Crippen molar-refractivity contribution < 1.29 is 33.5 Å². The molecule has 0 saturated heterocycles. The molecule has 2 aromatic rings. The highest BCUT2D eigenvalue weighted by Gasteiger charge is 2.30. The van der Waals surface area contributed by atoms with Crippen LogP contribution in [-0.2, 0) is 32.1 Å². The Balaban J connectivity index is 2.14. The van der Waals surface area contributed by atoms with Crippen LogP contribution in [0.15, 0.2) is 48.5 Å². The van der Waals surface area contributed by atoms with E-state index < -0.39 is 35.0 Å². The standard InChI is InChI=1S/C24H29N3O8/c1-15(2)21(26-24(30)35-14-16-8-6-5-7-9-16)22(28)25-19(23(29)34-4)13-17-12-18(27(31)32)10-11-20(17)33-3/h5-12,15,19,21H,13-14H2,1-4H3,(H,25,28)(H,26,30)/t19-,21+/m1/s1. The second-order valence-corrected chi connectivity index (χ2v) is 7.97. The van der Waals surface area contributed by atoms with Crippen molar-refractivity contribution in [3.05, 3.63) is 69.8 Å². The van der Waals surface area contributed by atoms with E-state index in [0.29, 0.717) is 11.3 Å². The summed E-state index contributed by atoms with van der Waals surface area (Å²) in [6.45, 7) is 3.47. The molecule has 0 aliphatic carbocycles. The number of nitrogens with one attached hydrogen (secondary N) is 2. The van der Waals surface area contributed by atoms with Crippen molar-refractivity contribution in [2.45, 2.75) is 39.0 Å². The van der Waals surface area contributed by atoms with Gasteiger partial charge < -0.3 is 24.8 Å². The lowest BCUT2D eigenvalue weighted by Crippen LogP contribution is -2.54. The van der Waals surface area contributed by atoms with Gasteiger partial charge in [-0.3, -0.25) is 14.9 Å². The first kappa shape index (κ1) is 27.1. The highest BCUT2D eigenvalue weighted by atomic mass is 16.6. The molecule has 2 rings (SSSR count). The van der Waals surface area contributed by atoms with Gasteiger partial charge in [0.25, 0.3) is 5.69 Å². The SMILES string of the molecule is COC(=O)[C@@H](Cc1cc([N+](=O)[O-])ccc1OC)NC(=O)[C@@H](NC(=O)OCc1ccccc1)C(C)C. The summed E-state index contributed by atoms with van der Waals surface area (Å²) in [5, 5.41) is 16.3. The number of methoxy groups -OCH3 is 2. The Labute approximate surface area is 202 Å². The highest BCUT2D eigenvalue weighted by Crippen LogP contribution is 2.25. The Hall–Kier alpha value is -4.15. The molecule has 0 fully saturated rings. The van der Waals surface area contributed by atoms with E-state index in [9.17, 15) is 24.5 Å². The summed E-state index contributed by atoms with van der Waals surface area (Å²) in [6, 6.07) is 10.8. The molecule has 2 atom stereocenters. The van der Waals surface area contributed by atoms with Gasteiger partial charge in [0, 0.05) is 24.1 Å². The molecule has 0 aliphatic heterocycles. The molecule has 0 aliphatic rings. The normalized spacial score (nSPS) is 12.3. The maximum absolute atomic E-state index is 13.0. The summed E-state index contributed by atoms with van der Waals surface area (Å²) in [4.78, 5) is 48.3. The van der Waals surface area contributed by atoms with Gasteiger partial charge in [0.15, 0.2) is 0 Å². The number of carbonyl (C=O) groups is 3. The van der Waals surface area contributed by atoms with E-state index in [-0.39, 0.29) is 24.6 Å². The van der Waals surface area contributed by atoms with Gasteiger partial charge >= 0.3 is 12.1 Å². The summed E-state index contributed by atoms with van der Waals surface area (Å²) in [5.41, 5.74) is 0.914. The van der Waals surface area contributed by atoms with Crippen molar-refractivity contribution in [1.29, 1.82) is 0 Å². The fourth-order valence-corrected chi connectivity index (χ4v) is 3.28. The maximum atomic E-state index is 13.0. The number of nitrogens with zero attached hydrogens (tertiary/aromatic N) is 1. The molecule has 2 aromatic carbocycles. The average Bonchev–Trinajstić information content (AvgIpc) is 2.85. The number of nitro benzene ring substituents is 1. The summed E-state index contributed by atoms with van der Waals surface area (Å²) in [7, 11) is 2.54. The smallest absolute Gasteiger partial charge is 0.408 e. The van der Waals surface area contributed by atoms with E-state index in [1.54, 1.807) is 26.0 Å². The second kappa shape index (κ2) is 12.9. The number of hydrogen-bond acceptors (Lipinski definition) is 8. The van der Waals surface area contributed by atoms with Crippen LogP contribution < -0.4 is 15.4 Å². The number of ether oxygens (including phenoxy) is 3. The summed E-state index contributed by atoms with van der Waals surface area (Å²) in [6.07, 6.45) is -0.926. The molecule has 0 radical (unpaired) electrons. The topological polar surface area (TPSA) is 146 Å². The van der Waals surface area contributed by atoms with Crippen molar-refractivity contribution in [2.75, 3.05) is 14.2 Å². The third-order valence-electron chi connectivity index (χ3n) is 5.14. The van der Waals surface area contributed by atoms with Crippen LogP contribution in [0.25, 0.3) is 0 Å². The number of rotatable bonds is 11. The summed E-state index contributed by atoms with van der Waals surface area (Å²) in [5.74, 6) is -1.44. The van der Waals surface area contributed by atoms with Crippen LogP contribution in [0.5, 0.6) is 5.75 Å². The first-order chi connectivity index (χ1) is 16.7. The third-order valence-corrected chi connectivity index (χ3v) is 5.14. The minimum absolute atomic E-state index is 0.0243. The van der Waals surface area contributed by atoms with Crippen molar-refractivity contribution in [3.63, 3.8) is 0 Å². The molecule has 188 valence electrons. The molecule has 0 saturated carbocycles. The Bertz CT molecular complexity index is 1040. The molecule has 2 N–H and O–H groups in total. The van der Waals surface area contributed by atoms with E-state index in [1.165, 1.54) is 25.3 Å². The van der Waals surface area contributed by atoms with Crippen molar-refractivity contribution in [3.8, 4) is 5.75 Å². The number of nitro groups is 1. The van der Waals surface area contributed by atoms with E-state index in [0.717, 1.165) is 12.7 Å². The molecule has 0 aromatic heterocycles. The Morgan fingerprint density at radius 3 is 2.29 bits per heavy atom. The van der Waals surface area contributed by atoms with Gasteiger partial charge in [-0.15, -0.1) is 0 Å². The molecule has 0 heterocycles. The predicted octanol–water partition coefficient (Wildman–Crippen LogP) is 2.75. The largest absolute Gasteiger partial charge is 0.496 e. The molecular formula is C24H29N3O8. The lowest BCUT2D eigenvalue weighted by molar-refractivity contribution is -0.384. The number of amides is 2. The fraction of sp³-hybridized carbons (Fsp3) is 0.375. The van der Waals surface area contributed by atoms with Gasteiger partial charge in [-0.05, 0) is 17.5 Å². The summed E-state index contributed by atoms with van der Waals surface area (Å²) < 4.78 is 15.2. The van der Waals surface area contributed by atoms with Crippen LogP contribution in [0.1, 0.15) is 25.0 Å². The number of hydrogen-bond donors (Lipinski definition) is 2. The number of carbonyl (C=O) groups excluding carboxylic acids is 3. The first-order valence-corrected chi connectivity index (χ1v) is 10.8. The lowest BCUT2D eigenvalue weighted by Gasteiger charge is -2.24. The molecule has 2 amide bonds. The lowest BCUT2D eigenvalue weighted by atomic mass is 10.0. The molecule has 11 heteroatoms. The maximum Gasteiger partial charge on any atom is 0.408 e. The van der Waals surface area contributed by atoms with E-state index in [4.69, 9.17) is 14.2 Å². The molecule has 0 unspecified atom stereocenters. The van der Waals surface area contributed by atoms with Crippen molar-refractivity contribution >= 4 is 23.7 Å². The Morgan fingerprint density at radius 2 is 1.71 bits per heavy atom. The fourth-order valence-electron chi connectivity index (χ4n) is 3.28. The average molecular weight is 488 g/mol. The minimum Gasteiger partial charge on any atom is -0.496 e. The van der Waals surface area contributed by atoms with E-state index >= 15 is 0 Å². The number of non-ortho nitro benzene ring substituents is 1. The highest BCUT2D eigenvalue weighted by molar-refractivity contribution is 5.90. The van der Waals surface area contributed by atoms with Crippen LogP contribution in [0, 0.1) is 16.0 Å². The molecule has 35 heavy (non-hydrogen) atoms. The number of alkyl carbamates (subject to hydrolysis) is 1. The zero-order valence-corrected chi connectivity index (χ0v) is 20.0. The predicted molar refractivity (Wildman–Crippen MR) is 126 cm³/mol. The van der Waals surface area contributed by atoms with Gasteiger partial charge in [0.1, 0.15) is 24.4 Å². The zero-order valence-electron chi connectivity index (χ0n) is 20.0. The van der Waals surface area contributed by atoms with Gasteiger partial charge in [0.2, 0.25) is 5.91 Å². The van der Waals surface area contributed by atoms with Gasteiger partial charge in [0.05, 0.1) is 19.1 Å². The van der Waals surface area contributed by atoms with Crippen molar-refractivity contribution in [1.82, 2.24) is 10.6 Å². The molecule has 11 nitrogen and oxygen atoms in total. The Kier molecular flexibility index (Phi) is 10.0. The van der Waals surface area contributed by atoms with Crippen LogP contribution in [0.3, 0.4) is 0 Å². The summed E-state index contributed by atoms with van der Waals surface area (Å²) >= 11 is 0. The monoisotopic (exact) mass is 487 g/mol. The number of esters is 1. The number of benzene rings is 2. The molecular weight excluding hydrogens is 458 g/mol. The quantitative estimate of drug-likeness (QED) is 0.279. The van der Waals surface area contributed by atoms with E-state index in [1.807, 2.05) is 18.2 Å². The minimum atomic E-state index is -1.19. The first-order valence-electron chi connectivity index (χ1n) is 10.8. The second-order valence-electron chi connectivity index (χ2n) is 7.97. The van der Waals surface area contributed by atoms with Crippen LogP contribution in [0.4, 0.5) is 10.5 Å². The van der Waals surface area contributed by atoms with Gasteiger partial charge in [-0.1, -0.05) is 44.2 Å². The van der Waals surface area contributed by atoms with Gasteiger partial charge in [-0.2, -0.15) is 0 Å². The van der Waals surface area contributed by atoms with E-state index in [2.05, 4.69) is 10.6 Å². The molecule has 0 bridgehead atoms. The Morgan fingerprint density at radius 1 is 1.03 bits per heavy atom. The van der Waals surface area contributed by atoms with Crippen LogP contribution >= 0.6 is 0 Å². The van der Waals surface area contributed by atoms with Crippen LogP contribution in [-0.4, -0.2) is 49.2 Å². The zero-order chi connectivity index (χ0) is 26.0. The molecule has 0 spiro atoms. The van der Waals surface area contributed by atoms with Crippen molar-refractivity contribution in [2.24, 2.45) is 5.92 Å².